The van der Waals surface area contributed by atoms with E-state index in [1.165, 1.54) is 6.20 Å². The minimum atomic E-state index is -0.265. The average Bonchev–Trinajstić information content (AvgIpc) is 2.60. The van der Waals surface area contributed by atoms with Crippen LogP contribution in [0.3, 0.4) is 0 Å². The van der Waals surface area contributed by atoms with Gasteiger partial charge in [-0.15, -0.1) is 0 Å². The number of pyridine rings is 1. The standard InChI is InChI=1S/C13H20FN3/c1-9-7-17(8-10(9)2)13-11(5-15-3)4-12(14)6-16-13/h4,6,9-10,15H,5,7-8H2,1-3H3. The Morgan fingerprint density at radius 2 is 2.06 bits per heavy atom. The Hall–Kier alpha value is -1.16. The number of nitrogens with zero attached hydrogens (tertiary/aromatic N) is 2. The Labute approximate surface area is 102 Å². The second-order valence-electron chi connectivity index (χ2n) is 5.03. The summed E-state index contributed by atoms with van der Waals surface area (Å²) < 4.78 is 13.2. The normalized spacial score (nSPS) is 24.4. The lowest BCUT2D eigenvalue weighted by atomic mass is 10.0. The van der Waals surface area contributed by atoms with Gasteiger partial charge in [0.15, 0.2) is 0 Å². The van der Waals surface area contributed by atoms with Crippen LogP contribution < -0.4 is 10.2 Å². The van der Waals surface area contributed by atoms with Crippen LogP contribution in [0.5, 0.6) is 0 Å². The van der Waals surface area contributed by atoms with E-state index in [0.29, 0.717) is 18.4 Å². The number of rotatable bonds is 3. The number of hydrogen-bond donors (Lipinski definition) is 1. The lowest BCUT2D eigenvalue weighted by molar-refractivity contribution is 0.494. The second kappa shape index (κ2) is 5.00. The highest BCUT2D eigenvalue weighted by Gasteiger charge is 2.28. The fourth-order valence-electron chi connectivity index (χ4n) is 2.38. The smallest absolute Gasteiger partial charge is 0.141 e. The molecule has 2 rings (SSSR count). The lowest BCUT2D eigenvalue weighted by Crippen LogP contribution is -2.23. The molecule has 0 spiro atoms. The van der Waals surface area contributed by atoms with Crippen LogP contribution in [0.1, 0.15) is 19.4 Å². The monoisotopic (exact) mass is 237 g/mol. The van der Waals surface area contributed by atoms with Crippen LogP contribution in [-0.2, 0) is 6.54 Å². The summed E-state index contributed by atoms with van der Waals surface area (Å²) in [6.45, 7) is 7.18. The molecule has 0 aliphatic carbocycles. The molecule has 0 amide bonds. The molecule has 94 valence electrons. The van der Waals surface area contributed by atoms with Crippen molar-refractivity contribution >= 4 is 5.82 Å². The molecule has 1 fully saturated rings. The summed E-state index contributed by atoms with van der Waals surface area (Å²) in [5, 5.41) is 3.06. The minimum Gasteiger partial charge on any atom is -0.356 e. The minimum absolute atomic E-state index is 0.265. The van der Waals surface area contributed by atoms with Crippen molar-refractivity contribution < 1.29 is 4.39 Å². The molecule has 0 radical (unpaired) electrons. The second-order valence-corrected chi connectivity index (χ2v) is 5.03. The van der Waals surface area contributed by atoms with Crippen LogP contribution in [0.15, 0.2) is 12.3 Å². The first-order valence-corrected chi connectivity index (χ1v) is 6.15. The Morgan fingerprint density at radius 3 is 2.65 bits per heavy atom. The van der Waals surface area contributed by atoms with Gasteiger partial charge >= 0.3 is 0 Å². The molecule has 3 nitrogen and oxygen atoms in total. The highest BCUT2D eigenvalue weighted by Crippen LogP contribution is 2.28. The number of aromatic nitrogens is 1. The molecule has 4 heteroatoms. The largest absolute Gasteiger partial charge is 0.356 e. The molecule has 2 atom stereocenters. The lowest BCUT2D eigenvalue weighted by Gasteiger charge is -2.20. The van der Waals surface area contributed by atoms with Crippen molar-refractivity contribution in [2.75, 3.05) is 25.0 Å². The average molecular weight is 237 g/mol. The first-order valence-electron chi connectivity index (χ1n) is 6.15. The van der Waals surface area contributed by atoms with E-state index in [4.69, 9.17) is 0 Å². The van der Waals surface area contributed by atoms with E-state index in [1.807, 2.05) is 7.05 Å². The van der Waals surface area contributed by atoms with Crippen LogP contribution in [0.4, 0.5) is 10.2 Å². The van der Waals surface area contributed by atoms with Crippen molar-refractivity contribution in [2.45, 2.75) is 20.4 Å². The summed E-state index contributed by atoms with van der Waals surface area (Å²) >= 11 is 0. The fourth-order valence-corrected chi connectivity index (χ4v) is 2.38. The summed E-state index contributed by atoms with van der Waals surface area (Å²) in [5.74, 6) is 2.00. The van der Waals surface area contributed by atoms with E-state index < -0.39 is 0 Å². The predicted molar refractivity (Wildman–Crippen MR) is 67.5 cm³/mol. The molecule has 1 saturated heterocycles. The van der Waals surface area contributed by atoms with Gasteiger partial charge in [-0.2, -0.15) is 0 Å². The van der Waals surface area contributed by atoms with Gasteiger partial charge in [0, 0.05) is 25.2 Å². The van der Waals surface area contributed by atoms with Crippen molar-refractivity contribution in [3.8, 4) is 0 Å². The van der Waals surface area contributed by atoms with Crippen molar-refractivity contribution in [3.63, 3.8) is 0 Å². The zero-order valence-corrected chi connectivity index (χ0v) is 10.7. The molecule has 2 heterocycles. The van der Waals surface area contributed by atoms with E-state index in [0.717, 1.165) is 24.5 Å². The maximum atomic E-state index is 13.2. The topological polar surface area (TPSA) is 28.2 Å². The number of halogens is 1. The van der Waals surface area contributed by atoms with E-state index in [2.05, 4.69) is 29.0 Å². The van der Waals surface area contributed by atoms with Crippen molar-refractivity contribution in [1.29, 1.82) is 0 Å². The molecule has 1 N–H and O–H groups in total. The van der Waals surface area contributed by atoms with Gasteiger partial charge in [-0.1, -0.05) is 13.8 Å². The molecule has 1 aliphatic rings. The number of nitrogens with one attached hydrogen (secondary N) is 1. The van der Waals surface area contributed by atoms with Crippen LogP contribution >= 0.6 is 0 Å². The van der Waals surface area contributed by atoms with Gasteiger partial charge < -0.3 is 10.2 Å². The quantitative estimate of drug-likeness (QED) is 0.872. The highest BCUT2D eigenvalue weighted by molar-refractivity contribution is 5.48. The number of hydrogen-bond acceptors (Lipinski definition) is 3. The first-order chi connectivity index (χ1) is 8.11. The Kier molecular flexibility index (Phi) is 3.62. The van der Waals surface area contributed by atoms with Gasteiger partial charge in [0.1, 0.15) is 11.6 Å². The molecule has 2 unspecified atom stereocenters. The van der Waals surface area contributed by atoms with Gasteiger partial charge in [0.2, 0.25) is 0 Å². The van der Waals surface area contributed by atoms with Crippen molar-refractivity contribution in [2.24, 2.45) is 11.8 Å². The Balaban J connectivity index is 2.25. The van der Waals surface area contributed by atoms with E-state index >= 15 is 0 Å². The molecule has 0 saturated carbocycles. The summed E-state index contributed by atoms with van der Waals surface area (Å²) in [5.41, 5.74) is 0.939. The molecule has 1 aliphatic heterocycles. The Morgan fingerprint density at radius 1 is 1.41 bits per heavy atom. The highest BCUT2D eigenvalue weighted by atomic mass is 19.1. The number of anilines is 1. The first kappa shape index (κ1) is 12.3. The third-order valence-electron chi connectivity index (χ3n) is 3.56. The van der Waals surface area contributed by atoms with Gasteiger partial charge in [-0.25, -0.2) is 9.37 Å². The summed E-state index contributed by atoms with van der Waals surface area (Å²) in [6, 6.07) is 1.58. The molecular formula is C13H20FN3. The molecular weight excluding hydrogens is 217 g/mol. The zero-order chi connectivity index (χ0) is 12.4. The van der Waals surface area contributed by atoms with Gasteiger partial charge in [-0.05, 0) is 24.9 Å². The summed E-state index contributed by atoms with van der Waals surface area (Å²) in [4.78, 5) is 6.52. The molecule has 17 heavy (non-hydrogen) atoms. The molecule has 0 bridgehead atoms. The third-order valence-corrected chi connectivity index (χ3v) is 3.56. The van der Waals surface area contributed by atoms with Crippen molar-refractivity contribution in [1.82, 2.24) is 10.3 Å². The van der Waals surface area contributed by atoms with Crippen molar-refractivity contribution in [3.05, 3.63) is 23.6 Å². The van der Waals surface area contributed by atoms with E-state index in [-0.39, 0.29) is 5.82 Å². The maximum absolute atomic E-state index is 13.2. The maximum Gasteiger partial charge on any atom is 0.141 e. The molecule has 1 aromatic heterocycles. The molecule has 1 aromatic rings. The van der Waals surface area contributed by atoms with Crippen LogP contribution in [0.25, 0.3) is 0 Å². The van der Waals surface area contributed by atoms with Crippen LogP contribution in [0, 0.1) is 17.7 Å². The van der Waals surface area contributed by atoms with Gasteiger partial charge in [-0.3, -0.25) is 0 Å². The Bertz CT molecular complexity index is 384. The zero-order valence-electron chi connectivity index (χ0n) is 10.7. The SMILES string of the molecule is CNCc1cc(F)cnc1N1CC(C)C(C)C1. The van der Waals surface area contributed by atoms with Crippen LogP contribution in [-0.4, -0.2) is 25.1 Å². The summed E-state index contributed by atoms with van der Waals surface area (Å²) in [6.07, 6.45) is 1.31. The molecule has 0 aromatic carbocycles. The van der Waals surface area contributed by atoms with Gasteiger partial charge in [0.25, 0.3) is 0 Å². The van der Waals surface area contributed by atoms with Crippen LogP contribution in [0.2, 0.25) is 0 Å². The fraction of sp³-hybridized carbons (Fsp3) is 0.615. The van der Waals surface area contributed by atoms with E-state index in [1.54, 1.807) is 6.07 Å². The van der Waals surface area contributed by atoms with Gasteiger partial charge in [0.05, 0.1) is 6.20 Å². The predicted octanol–water partition coefficient (Wildman–Crippen LogP) is 2.03. The van der Waals surface area contributed by atoms with E-state index in [9.17, 15) is 4.39 Å². The summed E-state index contributed by atoms with van der Waals surface area (Å²) in [7, 11) is 1.86. The third kappa shape index (κ3) is 2.57.